The van der Waals surface area contributed by atoms with Crippen molar-refractivity contribution in [2.24, 2.45) is 0 Å². The van der Waals surface area contributed by atoms with Gasteiger partial charge in [-0.25, -0.2) is 4.98 Å². The molecule has 114 valence electrons. The SMILES string of the molecule is C(=Cc1cnc2ccccc2n1)c1ccc(-c2ccccc2)cc1. The molecule has 0 saturated carbocycles. The summed E-state index contributed by atoms with van der Waals surface area (Å²) in [4.78, 5) is 9.04. The quantitative estimate of drug-likeness (QED) is 0.501. The number of fused-ring (bicyclic) bond motifs is 1. The van der Waals surface area contributed by atoms with E-state index in [1.165, 1.54) is 11.1 Å². The summed E-state index contributed by atoms with van der Waals surface area (Å²) in [6, 6.07) is 26.8. The molecule has 0 saturated heterocycles. The molecule has 24 heavy (non-hydrogen) atoms. The second kappa shape index (κ2) is 6.47. The molecule has 0 bridgehead atoms. The highest BCUT2D eigenvalue weighted by Crippen LogP contribution is 2.20. The van der Waals surface area contributed by atoms with Gasteiger partial charge in [-0.3, -0.25) is 4.98 Å². The third kappa shape index (κ3) is 3.08. The van der Waals surface area contributed by atoms with Crippen molar-refractivity contribution in [3.63, 3.8) is 0 Å². The minimum Gasteiger partial charge on any atom is -0.252 e. The van der Waals surface area contributed by atoms with Gasteiger partial charge in [0, 0.05) is 0 Å². The number of rotatable bonds is 3. The first kappa shape index (κ1) is 14.3. The number of hydrogen-bond donors (Lipinski definition) is 0. The number of hydrogen-bond acceptors (Lipinski definition) is 2. The van der Waals surface area contributed by atoms with Crippen LogP contribution in [0.15, 0.2) is 85.1 Å². The Balaban J connectivity index is 1.56. The molecule has 0 aliphatic rings. The number of aromatic nitrogens is 2. The number of nitrogens with zero attached hydrogens (tertiary/aromatic N) is 2. The standard InChI is InChI=1S/C22H16N2/c1-2-6-18(7-3-1)19-13-10-17(11-14-19)12-15-20-16-23-21-8-4-5-9-22(21)24-20/h1-16H. The predicted octanol–water partition coefficient (Wildman–Crippen LogP) is 5.47. The van der Waals surface area contributed by atoms with Crippen molar-refractivity contribution >= 4 is 23.2 Å². The zero-order valence-electron chi connectivity index (χ0n) is 13.1. The summed E-state index contributed by atoms with van der Waals surface area (Å²) >= 11 is 0. The fourth-order valence-corrected chi connectivity index (χ4v) is 2.65. The molecule has 0 spiro atoms. The maximum Gasteiger partial charge on any atom is 0.0894 e. The predicted molar refractivity (Wildman–Crippen MR) is 100 cm³/mol. The first-order valence-corrected chi connectivity index (χ1v) is 7.94. The highest BCUT2D eigenvalue weighted by Gasteiger charge is 1.97. The molecule has 0 atom stereocenters. The largest absolute Gasteiger partial charge is 0.252 e. The Bertz CT molecular complexity index is 987. The second-order valence-corrected chi connectivity index (χ2v) is 5.60. The Morgan fingerprint density at radius 3 is 2.04 bits per heavy atom. The van der Waals surface area contributed by atoms with Gasteiger partial charge < -0.3 is 0 Å². The summed E-state index contributed by atoms with van der Waals surface area (Å²) in [5, 5.41) is 0. The van der Waals surface area contributed by atoms with Crippen LogP contribution < -0.4 is 0 Å². The summed E-state index contributed by atoms with van der Waals surface area (Å²) in [6.07, 6.45) is 5.86. The highest BCUT2D eigenvalue weighted by atomic mass is 14.8. The normalized spacial score (nSPS) is 11.2. The van der Waals surface area contributed by atoms with Gasteiger partial charge in [-0.1, -0.05) is 72.8 Å². The van der Waals surface area contributed by atoms with Gasteiger partial charge in [-0.05, 0) is 34.9 Å². The Morgan fingerprint density at radius 1 is 0.583 bits per heavy atom. The van der Waals surface area contributed by atoms with E-state index >= 15 is 0 Å². The molecule has 0 fully saturated rings. The topological polar surface area (TPSA) is 25.8 Å². The molecule has 4 rings (SSSR count). The zero-order chi connectivity index (χ0) is 16.2. The highest BCUT2D eigenvalue weighted by molar-refractivity contribution is 5.77. The van der Waals surface area contributed by atoms with E-state index in [1.54, 1.807) is 6.20 Å². The van der Waals surface area contributed by atoms with Crippen LogP contribution in [0.2, 0.25) is 0 Å². The summed E-state index contributed by atoms with van der Waals surface area (Å²) in [5.41, 5.74) is 6.29. The van der Waals surface area contributed by atoms with Gasteiger partial charge in [-0.15, -0.1) is 0 Å². The van der Waals surface area contributed by atoms with E-state index in [4.69, 9.17) is 0 Å². The number of benzene rings is 3. The molecule has 0 amide bonds. The molecule has 1 heterocycles. The Labute approximate surface area is 141 Å². The summed E-state index contributed by atoms with van der Waals surface area (Å²) in [7, 11) is 0. The third-order valence-corrected chi connectivity index (χ3v) is 3.93. The lowest BCUT2D eigenvalue weighted by atomic mass is 10.0. The lowest BCUT2D eigenvalue weighted by Crippen LogP contribution is -1.86. The van der Waals surface area contributed by atoms with E-state index in [9.17, 15) is 0 Å². The van der Waals surface area contributed by atoms with Crippen molar-refractivity contribution in [3.05, 3.63) is 96.3 Å². The second-order valence-electron chi connectivity index (χ2n) is 5.60. The molecule has 0 aliphatic carbocycles. The van der Waals surface area contributed by atoms with E-state index in [0.717, 1.165) is 22.3 Å². The fraction of sp³-hybridized carbons (Fsp3) is 0. The van der Waals surface area contributed by atoms with Gasteiger partial charge in [0.25, 0.3) is 0 Å². The molecule has 3 aromatic carbocycles. The Morgan fingerprint density at radius 2 is 1.25 bits per heavy atom. The van der Waals surface area contributed by atoms with Crippen LogP contribution in [0.1, 0.15) is 11.3 Å². The Kier molecular flexibility index (Phi) is 3.86. The van der Waals surface area contributed by atoms with Crippen LogP contribution in [0.5, 0.6) is 0 Å². The van der Waals surface area contributed by atoms with E-state index < -0.39 is 0 Å². The van der Waals surface area contributed by atoms with Gasteiger partial charge in [0.05, 0.1) is 22.9 Å². The molecule has 0 aliphatic heterocycles. The maximum atomic E-state index is 4.61. The fourth-order valence-electron chi connectivity index (χ4n) is 2.65. The van der Waals surface area contributed by atoms with Crippen molar-refractivity contribution in [1.29, 1.82) is 0 Å². The summed E-state index contributed by atoms with van der Waals surface area (Å²) in [5.74, 6) is 0. The monoisotopic (exact) mass is 308 g/mol. The smallest absolute Gasteiger partial charge is 0.0894 e. The zero-order valence-corrected chi connectivity index (χ0v) is 13.1. The van der Waals surface area contributed by atoms with Crippen molar-refractivity contribution in [3.8, 4) is 11.1 Å². The van der Waals surface area contributed by atoms with Crippen LogP contribution in [0.3, 0.4) is 0 Å². The minimum absolute atomic E-state index is 0.862. The van der Waals surface area contributed by atoms with E-state index in [2.05, 4.69) is 64.6 Å². The Hall–Kier alpha value is -3.26. The molecule has 2 heteroatoms. The van der Waals surface area contributed by atoms with E-state index in [1.807, 2.05) is 36.4 Å². The maximum absolute atomic E-state index is 4.61. The van der Waals surface area contributed by atoms with Crippen molar-refractivity contribution in [2.75, 3.05) is 0 Å². The van der Waals surface area contributed by atoms with Crippen molar-refractivity contribution in [1.82, 2.24) is 9.97 Å². The average molecular weight is 308 g/mol. The molecule has 0 N–H and O–H groups in total. The van der Waals surface area contributed by atoms with Crippen molar-refractivity contribution in [2.45, 2.75) is 0 Å². The molecule has 0 radical (unpaired) electrons. The van der Waals surface area contributed by atoms with Crippen LogP contribution in [-0.4, -0.2) is 9.97 Å². The van der Waals surface area contributed by atoms with Gasteiger partial charge in [-0.2, -0.15) is 0 Å². The summed E-state index contributed by atoms with van der Waals surface area (Å²) < 4.78 is 0. The van der Waals surface area contributed by atoms with Crippen LogP contribution in [0, 0.1) is 0 Å². The summed E-state index contributed by atoms with van der Waals surface area (Å²) in [6.45, 7) is 0. The first-order valence-electron chi connectivity index (χ1n) is 7.94. The first-order chi connectivity index (χ1) is 11.9. The third-order valence-electron chi connectivity index (χ3n) is 3.93. The van der Waals surface area contributed by atoms with Crippen LogP contribution in [0.4, 0.5) is 0 Å². The van der Waals surface area contributed by atoms with Crippen LogP contribution in [-0.2, 0) is 0 Å². The van der Waals surface area contributed by atoms with Gasteiger partial charge in [0.2, 0.25) is 0 Å². The molecular weight excluding hydrogens is 292 g/mol. The van der Waals surface area contributed by atoms with E-state index in [-0.39, 0.29) is 0 Å². The molecule has 1 aromatic heterocycles. The molecule has 2 nitrogen and oxygen atoms in total. The minimum atomic E-state index is 0.862. The molecule has 4 aromatic rings. The number of para-hydroxylation sites is 2. The molecule has 0 unspecified atom stereocenters. The van der Waals surface area contributed by atoms with Gasteiger partial charge in [0.1, 0.15) is 0 Å². The lowest BCUT2D eigenvalue weighted by molar-refractivity contribution is 1.27. The average Bonchev–Trinajstić information content (AvgIpc) is 2.67. The van der Waals surface area contributed by atoms with Gasteiger partial charge in [0.15, 0.2) is 0 Å². The van der Waals surface area contributed by atoms with E-state index in [0.29, 0.717) is 0 Å². The van der Waals surface area contributed by atoms with Crippen LogP contribution in [0.25, 0.3) is 34.3 Å². The molecular formula is C22H16N2. The van der Waals surface area contributed by atoms with Gasteiger partial charge >= 0.3 is 0 Å². The van der Waals surface area contributed by atoms with Crippen molar-refractivity contribution < 1.29 is 0 Å². The lowest BCUT2D eigenvalue weighted by Gasteiger charge is -2.02. The van der Waals surface area contributed by atoms with Crippen LogP contribution >= 0.6 is 0 Å².